The first kappa shape index (κ1) is 9.14. The van der Waals surface area contributed by atoms with E-state index in [1.54, 1.807) is 0 Å². The SMILES string of the molecule is CCC(C=O)CCC(N)=O. The molecule has 1 amide bonds. The third kappa shape index (κ3) is 4.06. The summed E-state index contributed by atoms with van der Waals surface area (Å²) in [4.78, 5) is 20.4. The van der Waals surface area contributed by atoms with Gasteiger partial charge in [-0.3, -0.25) is 4.79 Å². The van der Waals surface area contributed by atoms with E-state index in [-0.39, 0.29) is 11.8 Å². The van der Waals surface area contributed by atoms with Gasteiger partial charge < -0.3 is 10.5 Å². The van der Waals surface area contributed by atoms with E-state index in [4.69, 9.17) is 5.73 Å². The van der Waals surface area contributed by atoms with Crippen LogP contribution in [0.25, 0.3) is 0 Å². The summed E-state index contributed by atoms with van der Waals surface area (Å²) in [7, 11) is 0. The molecule has 10 heavy (non-hydrogen) atoms. The lowest BCUT2D eigenvalue weighted by atomic mass is 10.0. The Morgan fingerprint density at radius 3 is 2.60 bits per heavy atom. The van der Waals surface area contributed by atoms with Gasteiger partial charge in [-0.15, -0.1) is 0 Å². The molecule has 58 valence electrons. The van der Waals surface area contributed by atoms with Gasteiger partial charge in [-0.1, -0.05) is 6.92 Å². The second-order valence-corrected chi connectivity index (χ2v) is 2.31. The van der Waals surface area contributed by atoms with Crippen LogP contribution in [-0.2, 0) is 9.59 Å². The summed E-state index contributed by atoms with van der Waals surface area (Å²) in [5.41, 5.74) is 4.90. The van der Waals surface area contributed by atoms with Crippen molar-refractivity contribution in [1.82, 2.24) is 0 Å². The van der Waals surface area contributed by atoms with Crippen molar-refractivity contribution < 1.29 is 9.59 Å². The van der Waals surface area contributed by atoms with Gasteiger partial charge in [-0.25, -0.2) is 0 Å². The molecule has 0 aromatic rings. The molecule has 3 nitrogen and oxygen atoms in total. The molecule has 0 radical (unpaired) electrons. The number of rotatable bonds is 5. The molecular weight excluding hydrogens is 130 g/mol. The summed E-state index contributed by atoms with van der Waals surface area (Å²) in [5.74, 6) is -0.326. The molecule has 0 bridgehead atoms. The van der Waals surface area contributed by atoms with Crippen molar-refractivity contribution in [2.45, 2.75) is 26.2 Å². The van der Waals surface area contributed by atoms with Crippen molar-refractivity contribution in [2.24, 2.45) is 11.7 Å². The van der Waals surface area contributed by atoms with Gasteiger partial charge in [0.15, 0.2) is 0 Å². The Bertz CT molecular complexity index is 123. The molecule has 0 spiro atoms. The maximum atomic E-state index is 10.2. The highest BCUT2D eigenvalue weighted by molar-refractivity contribution is 5.74. The first-order valence-corrected chi connectivity index (χ1v) is 3.44. The van der Waals surface area contributed by atoms with Gasteiger partial charge in [0, 0.05) is 12.3 Å². The molecule has 0 aromatic carbocycles. The summed E-state index contributed by atoms with van der Waals surface area (Å²) in [5, 5.41) is 0. The van der Waals surface area contributed by atoms with E-state index in [0.717, 1.165) is 12.7 Å². The molecule has 3 heteroatoms. The minimum atomic E-state index is -0.333. The highest BCUT2D eigenvalue weighted by atomic mass is 16.1. The van der Waals surface area contributed by atoms with Crippen molar-refractivity contribution in [3.63, 3.8) is 0 Å². The van der Waals surface area contributed by atoms with Gasteiger partial charge in [-0.2, -0.15) is 0 Å². The first-order valence-electron chi connectivity index (χ1n) is 3.44. The van der Waals surface area contributed by atoms with Crippen molar-refractivity contribution in [1.29, 1.82) is 0 Å². The zero-order valence-electron chi connectivity index (χ0n) is 6.17. The highest BCUT2D eigenvalue weighted by Gasteiger charge is 2.04. The zero-order valence-corrected chi connectivity index (χ0v) is 6.17. The molecule has 2 N–H and O–H groups in total. The summed E-state index contributed by atoms with van der Waals surface area (Å²) in [6.45, 7) is 1.92. The minimum Gasteiger partial charge on any atom is -0.370 e. The van der Waals surface area contributed by atoms with Crippen molar-refractivity contribution in [3.05, 3.63) is 0 Å². The van der Waals surface area contributed by atoms with Crippen LogP contribution >= 0.6 is 0 Å². The predicted molar refractivity (Wildman–Crippen MR) is 38.3 cm³/mol. The smallest absolute Gasteiger partial charge is 0.217 e. The van der Waals surface area contributed by atoms with E-state index >= 15 is 0 Å². The van der Waals surface area contributed by atoms with Crippen molar-refractivity contribution in [2.75, 3.05) is 0 Å². The maximum Gasteiger partial charge on any atom is 0.217 e. The third-order valence-corrected chi connectivity index (χ3v) is 1.48. The Hall–Kier alpha value is -0.860. The molecule has 0 fully saturated rings. The molecule has 0 aliphatic rings. The zero-order chi connectivity index (χ0) is 7.98. The molecular formula is C7H13NO2. The fraction of sp³-hybridized carbons (Fsp3) is 0.714. The lowest BCUT2D eigenvalue weighted by Crippen LogP contribution is -2.12. The second kappa shape index (κ2) is 4.97. The van der Waals surface area contributed by atoms with Crippen LogP contribution in [0.1, 0.15) is 26.2 Å². The summed E-state index contributed by atoms with van der Waals surface area (Å²) < 4.78 is 0. The Kier molecular flexibility index (Phi) is 4.54. The van der Waals surface area contributed by atoms with Gasteiger partial charge in [0.25, 0.3) is 0 Å². The molecule has 1 unspecified atom stereocenters. The molecule has 0 heterocycles. The Morgan fingerprint density at radius 2 is 2.30 bits per heavy atom. The predicted octanol–water partition coefficient (Wildman–Crippen LogP) is 0.477. The average Bonchev–Trinajstić information content (AvgIpc) is 1.90. The summed E-state index contributed by atoms with van der Waals surface area (Å²) >= 11 is 0. The normalized spacial score (nSPS) is 12.5. The number of aldehydes is 1. The number of carbonyl (C=O) groups is 2. The van der Waals surface area contributed by atoms with E-state index in [0.29, 0.717) is 12.8 Å². The van der Waals surface area contributed by atoms with Crippen LogP contribution in [0.5, 0.6) is 0 Å². The van der Waals surface area contributed by atoms with Crippen LogP contribution in [0, 0.1) is 5.92 Å². The molecule has 0 saturated heterocycles. The lowest BCUT2D eigenvalue weighted by molar-refractivity contribution is -0.118. The van der Waals surface area contributed by atoms with Gasteiger partial charge in [0.05, 0.1) is 0 Å². The van der Waals surface area contributed by atoms with E-state index in [1.165, 1.54) is 0 Å². The third-order valence-electron chi connectivity index (χ3n) is 1.48. The fourth-order valence-corrected chi connectivity index (χ4v) is 0.696. The molecule has 0 aliphatic carbocycles. The molecule has 0 aromatic heterocycles. The standard InChI is InChI=1S/C7H13NO2/c1-2-6(5-9)3-4-7(8)10/h5-6H,2-4H2,1H3,(H2,8,10). The number of hydrogen-bond donors (Lipinski definition) is 1. The van der Waals surface area contributed by atoms with E-state index < -0.39 is 0 Å². The van der Waals surface area contributed by atoms with Crippen LogP contribution in [0.2, 0.25) is 0 Å². The molecule has 1 atom stereocenters. The van der Waals surface area contributed by atoms with Gasteiger partial charge in [0.1, 0.15) is 6.29 Å². The Labute approximate surface area is 60.6 Å². The topological polar surface area (TPSA) is 60.2 Å². The molecule has 0 aliphatic heterocycles. The number of primary amides is 1. The quantitative estimate of drug-likeness (QED) is 0.569. The van der Waals surface area contributed by atoms with E-state index in [9.17, 15) is 9.59 Å². The number of nitrogens with two attached hydrogens (primary N) is 1. The Balaban J connectivity index is 3.44. The number of amides is 1. The monoisotopic (exact) mass is 143 g/mol. The average molecular weight is 143 g/mol. The van der Waals surface area contributed by atoms with E-state index in [1.807, 2.05) is 6.92 Å². The minimum absolute atomic E-state index is 0.00694. The second-order valence-electron chi connectivity index (χ2n) is 2.31. The maximum absolute atomic E-state index is 10.2. The summed E-state index contributed by atoms with van der Waals surface area (Å²) in [6, 6.07) is 0. The van der Waals surface area contributed by atoms with E-state index in [2.05, 4.69) is 0 Å². The van der Waals surface area contributed by atoms with Gasteiger partial charge in [0.2, 0.25) is 5.91 Å². The van der Waals surface area contributed by atoms with Crippen molar-refractivity contribution >= 4 is 12.2 Å². The number of hydrogen-bond acceptors (Lipinski definition) is 2. The van der Waals surface area contributed by atoms with Crippen LogP contribution in [0.15, 0.2) is 0 Å². The van der Waals surface area contributed by atoms with Crippen LogP contribution < -0.4 is 5.73 Å². The largest absolute Gasteiger partial charge is 0.370 e. The van der Waals surface area contributed by atoms with Crippen LogP contribution in [-0.4, -0.2) is 12.2 Å². The number of carbonyl (C=O) groups excluding carboxylic acids is 2. The van der Waals surface area contributed by atoms with Crippen LogP contribution in [0.4, 0.5) is 0 Å². The lowest BCUT2D eigenvalue weighted by Gasteiger charge is -2.02. The highest BCUT2D eigenvalue weighted by Crippen LogP contribution is 2.06. The van der Waals surface area contributed by atoms with Gasteiger partial charge in [-0.05, 0) is 12.8 Å². The molecule has 0 saturated carbocycles. The molecule has 0 rings (SSSR count). The summed E-state index contributed by atoms with van der Waals surface area (Å²) in [6.07, 6.45) is 2.58. The van der Waals surface area contributed by atoms with Crippen molar-refractivity contribution in [3.8, 4) is 0 Å². The van der Waals surface area contributed by atoms with Crippen LogP contribution in [0.3, 0.4) is 0 Å². The Morgan fingerprint density at radius 1 is 1.70 bits per heavy atom. The van der Waals surface area contributed by atoms with Gasteiger partial charge >= 0.3 is 0 Å². The first-order chi connectivity index (χ1) is 4.70. The fourth-order valence-electron chi connectivity index (χ4n) is 0.696.